The van der Waals surface area contributed by atoms with E-state index in [0.29, 0.717) is 18.7 Å². The van der Waals surface area contributed by atoms with Gasteiger partial charge in [0.2, 0.25) is 0 Å². The van der Waals surface area contributed by atoms with E-state index >= 15 is 0 Å². The van der Waals surface area contributed by atoms with Gasteiger partial charge in [-0.2, -0.15) is 5.10 Å². The van der Waals surface area contributed by atoms with Gasteiger partial charge in [-0.15, -0.1) is 11.3 Å². The van der Waals surface area contributed by atoms with E-state index < -0.39 is 0 Å². The van der Waals surface area contributed by atoms with Crippen LogP contribution in [0.1, 0.15) is 33.4 Å². The van der Waals surface area contributed by atoms with E-state index in [9.17, 15) is 4.79 Å². The average Bonchev–Trinajstić information content (AvgIpc) is 3.19. The highest BCUT2D eigenvalue weighted by molar-refractivity contribution is 7.16. The monoisotopic (exact) mass is 359 g/mol. The van der Waals surface area contributed by atoms with Gasteiger partial charge >= 0.3 is 0 Å². The average molecular weight is 360 g/mol. The SMILES string of the molecule is CCc1c(C(=O)NCc2ccc(Cl)s2)cnn1Cc1ccccc1. The summed E-state index contributed by atoms with van der Waals surface area (Å²) in [7, 11) is 0. The molecule has 0 aliphatic heterocycles. The summed E-state index contributed by atoms with van der Waals surface area (Å²) in [5.41, 5.74) is 2.74. The zero-order valence-electron chi connectivity index (χ0n) is 13.3. The number of aromatic nitrogens is 2. The molecule has 2 aromatic heterocycles. The van der Waals surface area contributed by atoms with E-state index in [1.54, 1.807) is 6.20 Å². The second-order valence-electron chi connectivity index (χ2n) is 5.39. The second kappa shape index (κ2) is 7.64. The van der Waals surface area contributed by atoms with Crippen molar-refractivity contribution < 1.29 is 4.79 Å². The summed E-state index contributed by atoms with van der Waals surface area (Å²) in [6.07, 6.45) is 2.40. The van der Waals surface area contributed by atoms with Gasteiger partial charge in [0.1, 0.15) is 0 Å². The Morgan fingerprint density at radius 1 is 1.25 bits per heavy atom. The summed E-state index contributed by atoms with van der Waals surface area (Å²) in [6.45, 7) is 3.18. The van der Waals surface area contributed by atoms with Gasteiger partial charge in [0.25, 0.3) is 5.91 Å². The van der Waals surface area contributed by atoms with Crippen LogP contribution < -0.4 is 5.32 Å². The zero-order valence-corrected chi connectivity index (χ0v) is 14.9. The first-order valence-electron chi connectivity index (χ1n) is 7.78. The predicted molar refractivity (Wildman–Crippen MR) is 97.6 cm³/mol. The molecule has 0 saturated carbocycles. The number of amides is 1. The Labute approximate surface area is 150 Å². The Balaban J connectivity index is 1.72. The Morgan fingerprint density at radius 2 is 2.04 bits per heavy atom. The molecule has 0 aliphatic rings. The number of benzene rings is 1. The number of hydrogen-bond donors (Lipinski definition) is 1. The molecule has 124 valence electrons. The lowest BCUT2D eigenvalue weighted by molar-refractivity contribution is 0.0950. The number of nitrogens with one attached hydrogen (secondary N) is 1. The van der Waals surface area contributed by atoms with E-state index in [4.69, 9.17) is 11.6 Å². The minimum Gasteiger partial charge on any atom is -0.347 e. The lowest BCUT2D eigenvalue weighted by atomic mass is 10.1. The summed E-state index contributed by atoms with van der Waals surface area (Å²) >= 11 is 7.38. The smallest absolute Gasteiger partial charge is 0.255 e. The molecule has 6 heteroatoms. The highest BCUT2D eigenvalue weighted by Crippen LogP contribution is 2.21. The van der Waals surface area contributed by atoms with Gasteiger partial charge < -0.3 is 5.32 Å². The molecule has 24 heavy (non-hydrogen) atoms. The van der Waals surface area contributed by atoms with Crippen molar-refractivity contribution in [2.75, 3.05) is 0 Å². The molecule has 3 aromatic rings. The highest BCUT2D eigenvalue weighted by atomic mass is 35.5. The standard InChI is InChI=1S/C18H18ClN3OS/c1-2-16-15(18(23)20-10-14-8-9-17(19)24-14)11-21-22(16)12-13-6-4-3-5-7-13/h3-9,11H,2,10,12H2,1H3,(H,20,23). The Morgan fingerprint density at radius 3 is 2.71 bits per heavy atom. The number of rotatable bonds is 6. The van der Waals surface area contributed by atoms with Crippen LogP contribution in [0.25, 0.3) is 0 Å². The van der Waals surface area contributed by atoms with Crippen LogP contribution in [0.4, 0.5) is 0 Å². The molecule has 1 aromatic carbocycles. The fourth-order valence-electron chi connectivity index (χ4n) is 2.58. The molecule has 1 N–H and O–H groups in total. The maximum absolute atomic E-state index is 12.5. The van der Waals surface area contributed by atoms with Crippen molar-refractivity contribution in [1.29, 1.82) is 0 Å². The van der Waals surface area contributed by atoms with Gasteiger partial charge in [-0.3, -0.25) is 9.48 Å². The van der Waals surface area contributed by atoms with Gasteiger partial charge in [0.05, 0.1) is 34.9 Å². The molecule has 0 spiro atoms. The topological polar surface area (TPSA) is 46.9 Å². The first kappa shape index (κ1) is 16.7. The molecule has 1 amide bonds. The molecule has 0 fully saturated rings. The molecule has 4 nitrogen and oxygen atoms in total. The highest BCUT2D eigenvalue weighted by Gasteiger charge is 2.16. The van der Waals surface area contributed by atoms with Crippen molar-refractivity contribution in [3.8, 4) is 0 Å². The maximum atomic E-state index is 12.5. The van der Waals surface area contributed by atoms with E-state index in [-0.39, 0.29) is 5.91 Å². The molecule has 3 rings (SSSR count). The zero-order chi connectivity index (χ0) is 16.9. The lowest BCUT2D eigenvalue weighted by Gasteiger charge is -2.08. The summed E-state index contributed by atoms with van der Waals surface area (Å²) in [5, 5.41) is 7.34. The largest absolute Gasteiger partial charge is 0.347 e. The van der Waals surface area contributed by atoms with Crippen LogP contribution in [-0.2, 0) is 19.5 Å². The van der Waals surface area contributed by atoms with Crippen LogP contribution in [-0.4, -0.2) is 15.7 Å². The molecule has 0 aliphatic carbocycles. The third kappa shape index (κ3) is 3.86. The molecule has 0 radical (unpaired) electrons. The minimum absolute atomic E-state index is 0.101. The van der Waals surface area contributed by atoms with E-state index in [1.165, 1.54) is 11.3 Å². The number of carbonyl (C=O) groups excluding carboxylic acids is 1. The quantitative estimate of drug-likeness (QED) is 0.719. The maximum Gasteiger partial charge on any atom is 0.255 e. The van der Waals surface area contributed by atoms with Crippen molar-refractivity contribution >= 4 is 28.8 Å². The van der Waals surface area contributed by atoms with Crippen molar-refractivity contribution in [1.82, 2.24) is 15.1 Å². The number of carbonyl (C=O) groups is 1. The molecular formula is C18H18ClN3OS. The number of nitrogens with zero attached hydrogens (tertiary/aromatic N) is 2. The molecular weight excluding hydrogens is 342 g/mol. The third-order valence-electron chi connectivity index (χ3n) is 3.76. The van der Waals surface area contributed by atoms with Gasteiger partial charge in [0, 0.05) is 4.88 Å². The molecule has 2 heterocycles. The van der Waals surface area contributed by atoms with Crippen molar-refractivity contribution in [2.45, 2.75) is 26.4 Å². The van der Waals surface area contributed by atoms with Crippen molar-refractivity contribution in [3.05, 3.63) is 74.7 Å². The van der Waals surface area contributed by atoms with Crippen molar-refractivity contribution in [3.63, 3.8) is 0 Å². The second-order valence-corrected chi connectivity index (χ2v) is 7.19. The summed E-state index contributed by atoms with van der Waals surface area (Å²) in [6, 6.07) is 13.9. The van der Waals surface area contributed by atoms with Crippen molar-refractivity contribution in [2.24, 2.45) is 0 Å². The van der Waals surface area contributed by atoms with Crippen LogP contribution >= 0.6 is 22.9 Å². The first-order chi connectivity index (χ1) is 11.7. The molecule has 0 saturated heterocycles. The Bertz CT molecular complexity index is 826. The van der Waals surface area contributed by atoms with Crippen LogP contribution in [0.2, 0.25) is 4.34 Å². The summed E-state index contributed by atoms with van der Waals surface area (Å²) in [5.74, 6) is -0.101. The summed E-state index contributed by atoms with van der Waals surface area (Å²) in [4.78, 5) is 13.5. The molecule has 0 unspecified atom stereocenters. The minimum atomic E-state index is -0.101. The Kier molecular flexibility index (Phi) is 5.33. The summed E-state index contributed by atoms with van der Waals surface area (Å²) < 4.78 is 2.62. The molecule has 0 atom stereocenters. The fraction of sp³-hybridized carbons (Fsp3) is 0.222. The van der Waals surface area contributed by atoms with Crippen LogP contribution in [0.5, 0.6) is 0 Å². The number of hydrogen-bond acceptors (Lipinski definition) is 3. The van der Waals surface area contributed by atoms with Gasteiger partial charge in [-0.1, -0.05) is 48.9 Å². The number of thiophene rings is 1. The van der Waals surface area contributed by atoms with Gasteiger partial charge in [-0.05, 0) is 24.1 Å². The van der Waals surface area contributed by atoms with Crippen LogP contribution in [0.3, 0.4) is 0 Å². The first-order valence-corrected chi connectivity index (χ1v) is 8.98. The fourth-order valence-corrected chi connectivity index (χ4v) is 3.60. The normalized spacial score (nSPS) is 10.8. The van der Waals surface area contributed by atoms with E-state index in [1.807, 2.05) is 41.9 Å². The van der Waals surface area contributed by atoms with Gasteiger partial charge in [-0.25, -0.2) is 0 Å². The predicted octanol–water partition coefficient (Wildman–Crippen LogP) is 4.14. The third-order valence-corrected chi connectivity index (χ3v) is 4.99. The Hall–Kier alpha value is -2.11. The van der Waals surface area contributed by atoms with Crippen LogP contribution in [0.15, 0.2) is 48.7 Å². The van der Waals surface area contributed by atoms with E-state index in [2.05, 4.69) is 22.5 Å². The van der Waals surface area contributed by atoms with Gasteiger partial charge in [0.15, 0.2) is 0 Å². The van der Waals surface area contributed by atoms with Crippen LogP contribution in [0, 0.1) is 0 Å². The molecule has 0 bridgehead atoms. The van der Waals surface area contributed by atoms with E-state index in [0.717, 1.165) is 26.9 Å². The number of halogens is 1. The lowest BCUT2D eigenvalue weighted by Crippen LogP contribution is -2.23.